The van der Waals surface area contributed by atoms with Gasteiger partial charge in [0, 0.05) is 16.2 Å². The lowest BCUT2D eigenvalue weighted by molar-refractivity contribution is 0.645. The first-order valence-electron chi connectivity index (χ1n) is 10.9. The lowest BCUT2D eigenvalue weighted by atomic mass is 9.91. The molecule has 1 atom stereocenters. The molecule has 148 valence electrons. The standard InChI is InChI=1S/C25H32N2S/c1-18-25(28-21-12-3-4-13-21)17-16-24(27-18)20-10-6-9-19-8-2-5-14-22(19)23(26)15-7-11-20/h2,5,8,11,14,16-17,21,23H,3-4,6-7,9-10,12-13,15,26H2,1H3/b20-11+/t23-/m0/s1. The number of aryl methyl sites for hydroxylation is 2. The van der Waals surface area contributed by atoms with Crippen LogP contribution in [0.15, 0.2) is 47.4 Å². The molecule has 1 heterocycles. The van der Waals surface area contributed by atoms with Crippen LogP contribution in [0.1, 0.15) is 79.9 Å². The number of thioether (sulfide) groups is 1. The summed E-state index contributed by atoms with van der Waals surface area (Å²) >= 11 is 2.04. The number of hydrogen-bond acceptors (Lipinski definition) is 3. The van der Waals surface area contributed by atoms with E-state index in [4.69, 9.17) is 10.7 Å². The normalized spacial score (nSPS) is 23.1. The van der Waals surface area contributed by atoms with Gasteiger partial charge in [0.25, 0.3) is 0 Å². The molecule has 1 saturated carbocycles. The highest BCUT2D eigenvalue weighted by Gasteiger charge is 2.18. The van der Waals surface area contributed by atoms with Crippen molar-refractivity contribution >= 4 is 17.3 Å². The topological polar surface area (TPSA) is 38.9 Å². The molecule has 4 rings (SSSR count). The van der Waals surface area contributed by atoms with Crippen LogP contribution in [0.2, 0.25) is 0 Å². The molecule has 0 amide bonds. The maximum absolute atomic E-state index is 6.49. The first kappa shape index (κ1) is 19.7. The van der Waals surface area contributed by atoms with Gasteiger partial charge in [-0.25, -0.2) is 0 Å². The summed E-state index contributed by atoms with van der Waals surface area (Å²) in [5.74, 6) is 0. The Hall–Kier alpha value is -1.58. The summed E-state index contributed by atoms with van der Waals surface area (Å²) in [6, 6.07) is 13.4. The molecule has 28 heavy (non-hydrogen) atoms. The van der Waals surface area contributed by atoms with Crippen molar-refractivity contribution in [3.05, 3.63) is 65.0 Å². The van der Waals surface area contributed by atoms with Gasteiger partial charge in [0.05, 0.1) is 11.4 Å². The summed E-state index contributed by atoms with van der Waals surface area (Å²) in [4.78, 5) is 6.38. The molecule has 2 nitrogen and oxygen atoms in total. The Labute approximate surface area is 174 Å². The van der Waals surface area contributed by atoms with Crippen LogP contribution in [0.25, 0.3) is 5.57 Å². The number of aromatic nitrogens is 1. The van der Waals surface area contributed by atoms with Crippen LogP contribution in [0, 0.1) is 6.92 Å². The van der Waals surface area contributed by atoms with E-state index >= 15 is 0 Å². The van der Waals surface area contributed by atoms with E-state index in [-0.39, 0.29) is 6.04 Å². The maximum atomic E-state index is 6.49. The second kappa shape index (κ2) is 9.28. The van der Waals surface area contributed by atoms with Crippen molar-refractivity contribution in [3.8, 4) is 0 Å². The minimum atomic E-state index is 0.131. The van der Waals surface area contributed by atoms with Crippen LogP contribution in [-0.4, -0.2) is 10.2 Å². The number of hydrogen-bond donors (Lipinski definition) is 1. The molecule has 0 unspecified atom stereocenters. The third kappa shape index (κ3) is 4.69. The molecule has 1 fully saturated rings. The summed E-state index contributed by atoms with van der Waals surface area (Å²) in [7, 11) is 0. The first-order valence-corrected chi connectivity index (χ1v) is 11.8. The molecular formula is C25H32N2S. The molecule has 2 aliphatic rings. The van der Waals surface area contributed by atoms with Gasteiger partial charge in [-0.3, -0.25) is 4.98 Å². The van der Waals surface area contributed by atoms with Crippen molar-refractivity contribution in [1.29, 1.82) is 0 Å². The van der Waals surface area contributed by atoms with Crippen molar-refractivity contribution < 1.29 is 0 Å². The van der Waals surface area contributed by atoms with E-state index in [9.17, 15) is 0 Å². The van der Waals surface area contributed by atoms with E-state index in [2.05, 4.69) is 49.4 Å². The fourth-order valence-corrected chi connectivity index (χ4v) is 5.85. The van der Waals surface area contributed by atoms with Crippen molar-refractivity contribution in [2.45, 2.75) is 80.9 Å². The highest BCUT2D eigenvalue weighted by atomic mass is 32.2. The zero-order valence-corrected chi connectivity index (χ0v) is 17.8. The first-order chi connectivity index (χ1) is 13.7. The molecule has 3 heteroatoms. The molecule has 2 aliphatic carbocycles. The summed E-state index contributed by atoms with van der Waals surface area (Å²) in [5.41, 5.74) is 13.0. The van der Waals surface area contributed by atoms with Crippen LogP contribution in [0.4, 0.5) is 0 Å². The second-order valence-corrected chi connectivity index (χ2v) is 9.61. The van der Waals surface area contributed by atoms with Gasteiger partial charge in [0.2, 0.25) is 0 Å². The Kier molecular flexibility index (Phi) is 6.54. The number of pyridine rings is 1. The fourth-order valence-electron chi connectivity index (χ4n) is 4.56. The summed E-state index contributed by atoms with van der Waals surface area (Å²) in [6.07, 6.45) is 13.2. The molecular weight excluding hydrogens is 360 g/mol. The van der Waals surface area contributed by atoms with Gasteiger partial charge >= 0.3 is 0 Å². The van der Waals surface area contributed by atoms with Gasteiger partial charge in [0.15, 0.2) is 0 Å². The molecule has 1 aromatic heterocycles. The Morgan fingerprint density at radius 2 is 1.79 bits per heavy atom. The Morgan fingerprint density at radius 3 is 2.61 bits per heavy atom. The third-order valence-electron chi connectivity index (χ3n) is 6.18. The SMILES string of the molecule is Cc1nc(/C2=C/CC[C@H](N)c3ccccc3CCC2)ccc1SC1CCCC1. The predicted octanol–water partition coefficient (Wildman–Crippen LogP) is 6.62. The molecule has 0 aliphatic heterocycles. The zero-order valence-electron chi connectivity index (χ0n) is 17.0. The molecule has 0 saturated heterocycles. The average Bonchev–Trinajstić information content (AvgIpc) is 3.22. The number of nitrogens with zero attached hydrogens (tertiary/aromatic N) is 1. The van der Waals surface area contributed by atoms with Crippen LogP contribution in [0.5, 0.6) is 0 Å². The molecule has 0 bridgehead atoms. The zero-order chi connectivity index (χ0) is 19.3. The highest BCUT2D eigenvalue weighted by Crippen LogP contribution is 2.36. The molecule has 2 aromatic rings. The summed E-state index contributed by atoms with van der Waals surface area (Å²) < 4.78 is 0. The van der Waals surface area contributed by atoms with Gasteiger partial charge in [0.1, 0.15) is 0 Å². The highest BCUT2D eigenvalue weighted by molar-refractivity contribution is 8.00. The number of benzene rings is 1. The molecule has 0 radical (unpaired) electrons. The van der Waals surface area contributed by atoms with E-state index in [0.717, 1.165) is 43.0 Å². The predicted molar refractivity (Wildman–Crippen MR) is 121 cm³/mol. The maximum Gasteiger partial charge on any atom is 0.0662 e. The van der Waals surface area contributed by atoms with Crippen molar-refractivity contribution in [2.75, 3.05) is 0 Å². The van der Waals surface area contributed by atoms with E-state index in [1.54, 1.807) is 0 Å². The molecule has 2 N–H and O–H groups in total. The quantitative estimate of drug-likeness (QED) is 0.637. The Bertz CT molecular complexity index is 836. The lowest BCUT2D eigenvalue weighted by Gasteiger charge is -2.19. The van der Waals surface area contributed by atoms with Crippen LogP contribution < -0.4 is 5.73 Å². The summed E-state index contributed by atoms with van der Waals surface area (Å²) in [5, 5.41) is 0.792. The second-order valence-electron chi connectivity index (χ2n) is 8.27. The van der Waals surface area contributed by atoms with E-state index in [1.807, 2.05) is 11.8 Å². The third-order valence-corrected chi connectivity index (χ3v) is 7.67. The van der Waals surface area contributed by atoms with Crippen LogP contribution in [-0.2, 0) is 6.42 Å². The Morgan fingerprint density at radius 1 is 0.964 bits per heavy atom. The van der Waals surface area contributed by atoms with Crippen molar-refractivity contribution in [2.24, 2.45) is 5.73 Å². The number of rotatable bonds is 3. The van der Waals surface area contributed by atoms with Gasteiger partial charge in [-0.15, -0.1) is 11.8 Å². The number of allylic oxidation sites excluding steroid dienone is 2. The minimum absolute atomic E-state index is 0.131. The Balaban J connectivity index is 1.49. The monoisotopic (exact) mass is 392 g/mol. The van der Waals surface area contributed by atoms with Gasteiger partial charge in [-0.05, 0) is 80.7 Å². The van der Waals surface area contributed by atoms with Crippen molar-refractivity contribution in [3.63, 3.8) is 0 Å². The van der Waals surface area contributed by atoms with Gasteiger partial charge in [-0.1, -0.05) is 43.2 Å². The number of nitrogens with two attached hydrogens (primary N) is 1. The number of fused-ring (bicyclic) bond motifs is 1. The minimum Gasteiger partial charge on any atom is -0.324 e. The van der Waals surface area contributed by atoms with Crippen LogP contribution in [0.3, 0.4) is 0 Å². The lowest BCUT2D eigenvalue weighted by Crippen LogP contribution is -2.13. The van der Waals surface area contributed by atoms with E-state index < -0.39 is 0 Å². The van der Waals surface area contributed by atoms with Crippen molar-refractivity contribution in [1.82, 2.24) is 4.98 Å². The van der Waals surface area contributed by atoms with Gasteiger partial charge < -0.3 is 5.73 Å². The van der Waals surface area contributed by atoms with Gasteiger partial charge in [-0.2, -0.15) is 0 Å². The average molecular weight is 393 g/mol. The van der Waals surface area contributed by atoms with Crippen LogP contribution >= 0.6 is 11.8 Å². The van der Waals surface area contributed by atoms with E-state index in [1.165, 1.54) is 53.0 Å². The summed E-state index contributed by atoms with van der Waals surface area (Å²) in [6.45, 7) is 2.17. The smallest absolute Gasteiger partial charge is 0.0662 e. The molecule has 0 spiro atoms. The fraction of sp³-hybridized carbons (Fsp3) is 0.480. The molecule has 1 aromatic carbocycles. The van der Waals surface area contributed by atoms with E-state index in [0.29, 0.717) is 0 Å². The largest absolute Gasteiger partial charge is 0.324 e.